The van der Waals surface area contributed by atoms with Crippen LogP contribution < -0.4 is 5.19 Å². The van der Waals surface area contributed by atoms with Gasteiger partial charge in [-0.05, 0) is 67.3 Å². The smallest absolute Gasteiger partial charge is 0.139 e. The Bertz CT molecular complexity index is 774. The Labute approximate surface area is 160 Å². The van der Waals surface area contributed by atoms with Crippen molar-refractivity contribution in [2.45, 2.75) is 57.9 Å². The van der Waals surface area contributed by atoms with Crippen molar-refractivity contribution < 1.29 is 4.39 Å². The predicted molar refractivity (Wildman–Crippen MR) is 112 cm³/mol. The Morgan fingerprint density at radius 2 is 1.73 bits per heavy atom. The first-order valence-electron chi connectivity index (χ1n) is 10.1. The standard InChI is InChI=1S/C24H29FSi/c1-3-4-18-5-10-20(11-6-18)22-14-13-21(24(25)17-22)12-7-19-8-15-23(26-2)16-9-19/h8-9,13-18,20H,3-6,10-11,26H2,1-2H3/t18-,20-. The van der Waals surface area contributed by atoms with Crippen LogP contribution in [0.1, 0.15) is 68.1 Å². The van der Waals surface area contributed by atoms with Crippen LogP contribution in [0.15, 0.2) is 42.5 Å². The number of hydrogen-bond acceptors (Lipinski definition) is 0. The molecule has 26 heavy (non-hydrogen) atoms. The van der Waals surface area contributed by atoms with Gasteiger partial charge in [-0.1, -0.05) is 61.5 Å². The van der Waals surface area contributed by atoms with Crippen LogP contribution in [0.4, 0.5) is 4.39 Å². The molecule has 1 fully saturated rings. The Balaban J connectivity index is 1.67. The van der Waals surface area contributed by atoms with Crippen molar-refractivity contribution in [1.82, 2.24) is 0 Å². The van der Waals surface area contributed by atoms with Crippen molar-refractivity contribution in [2.24, 2.45) is 5.92 Å². The molecule has 0 radical (unpaired) electrons. The van der Waals surface area contributed by atoms with Gasteiger partial charge in [-0.15, -0.1) is 0 Å². The van der Waals surface area contributed by atoms with Crippen molar-refractivity contribution in [3.05, 3.63) is 65.0 Å². The third kappa shape index (κ3) is 4.86. The molecule has 2 aromatic rings. The van der Waals surface area contributed by atoms with Crippen molar-refractivity contribution >= 4 is 14.7 Å². The molecule has 0 saturated heterocycles. The summed E-state index contributed by atoms with van der Waals surface area (Å²) < 4.78 is 14.5. The zero-order valence-corrected chi connectivity index (χ0v) is 17.4. The summed E-state index contributed by atoms with van der Waals surface area (Å²) in [5, 5.41) is 1.43. The summed E-state index contributed by atoms with van der Waals surface area (Å²) in [6.07, 6.45) is 7.60. The Kier molecular flexibility index (Phi) is 6.69. The van der Waals surface area contributed by atoms with Gasteiger partial charge < -0.3 is 0 Å². The summed E-state index contributed by atoms with van der Waals surface area (Å²) in [5.74, 6) is 7.33. The summed E-state index contributed by atoms with van der Waals surface area (Å²) in [7, 11) is -0.125. The summed E-state index contributed by atoms with van der Waals surface area (Å²) in [6.45, 7) is 4.54. The average molecular weight is 365 g/mol. The summed E-state index contributed by atoms with van der Waals surface area (Å²) in [5.41, 5.74) is 2.61. The van der Waals surface area contributed by atoms with Gasteiger partial charge in [-0.3, -0.25) is 0 Å². The second-order valence-corrected chi connectivity index (χ2v) is 9.07. The van der Waals surface area contributed by atoms with Gasteiger partial charge in [0.15, 0.2) is 0 Å². The van der Waals surface area contributed by atoms with Crippen molar-refractivity contribution in [1.29, 1.82) is 0 Å². The lowest BCUT2D eigenvalue weighted by Gasteiger charge is -2.28. The molecule has 0 bridgehead atoms. The van der Waals surface area contributed by atoms with E-state index in [1.165, 1.54) is 43.7 Å². The third-order valence-electron chi connectivity index (χ3n) is 5.71. The van der Waals surface area contributed by atoms with Crippen LogP contribution in [0.25, 0.3) is 0 Å². The van der Waals surface area contributed by atoms with E-state index in [0.717, 1.165) is 17.0 Å². The van der Waals surface area contributed by atoms with E-state index in [-0.39, 0.29) is 15.3 Å². The van der Waals surface area contributed by atoms with E-state index in [9.17, 15) is 4.39 Å². The Hall–Kier alpha value is -1.85. The second-order valence-electron chi connectivity index (χ2n) is 7.55. The minimum atomic E-state index is -0.178. The minimum Gasteiger partial charge on any atom is -0.206 e. The molecular weight excluding hydrogens is 335 g/mol. The largest absolute Gasteiger partial charge is 0.206 e. The Morgan fingerprint density at radius 1 is 1.00 bits per heavy atom. The van der Waals surface area contributed by atoms with Gasteiger partial charge in [-0.25, -0.2) is 4.39 Å². The highest BCUT2D eigenvalue weighted by Crippen LogP contribution is 2.37. The first-order valence-corrected chi connectivity index (χ1v) is 12.2. The molecule has 2 aromatic carbocycles. The van der Waals surface area contributed by atoms with E-state index in [1.807, 2.05) is 18.2 Å². The zero-order valence-electron chi connectivity index (χ0n) is 16.0. The van der Waals surface area contributed by atoms with Crippen LogP contribution in [0.3, 0.4) is 0 Å². The summed E-state index contributed by atoms with van der Waals surface area (Å²) in [6, 6.07) is 14.0. The maximum atomic E-state index is 14.5. The van der Waals surface area contributed by atoms with E-state index in [1.54, 1.807) is 6.07 Å². The molecule has 1 saturated carbocycles. The number of hydrogen-bond donors (Lipinski definition) is 0. The summed E-state index contributed by atoms with van der Waals surface area (Å²) >= 11 is 0. The van der Waals surface area contributed by atoms with Gasteiger partial charge in [0.2, 0.25) is 0 Å². The van der Waals surface area contributed by atoms with Crippen molar-refractivity contribution in [2.75, 3.05) is 0 Å². The van der Waals surface area contributed by atoms with Crippen LogP contribution in [0.2, 0.25) is 6.55 Å². The molecule has 0 aliphatic heterocycles. The van der Waals surface area contributed by atoms with E-state index in [4.69, 9.17) is 0 Å². The minimum absolute atomic E-state index is 0.125. The number of rotatable bonds is 4. The van der Waals surface area contributed by atoms with E-state index >= 15 is 0 Å². The maximum Gasteiger partial charge on any atom is 0.139 e. The molecule has 0 N–H and O–H groups in total. The summed E-state index contributed by atoms with van der Waals surface area (Å²) in [4.78, 5) is 0. The van der Waals surface area contributed by atoms with Gasteiger partial charge in [0.1, 0.15) is 5.82 Å². The number of benzene rings is 2. The monoisotopic (exact) mass is 364 g/mol. The predicted octanol–water partition coefficient (Wildman–Crippen LogP) is 5.14. The molecule has 0 aromatic heterocycles. The molecule has 3 rings (SSSR count). The van der Waals surface area contributed by atoms with Crippen LogP contribution in [-0.2, 0) is 0 Å². The lowest BCUT2D eigenvalue weighted by Crippen LogP contribution is -2.13. The first-order chi connectivity index (χ1) is 12.7. The maximum absolute atomic E-state index is 14.5. The molecule has 0 nitrogen and oxygen atoms in total. The lowest BCUT2D eigenvalue weighted by atomic mass is 9.77. The number of halogens is 1. The molecular formula is C24H29FSi. The topological polar surface area (TPSA) is 0 Å². The van der Waals surface area contributed by atoms with Gasteiger partial charge in [0, 0.05) is 5.56 Å². The quantitative estimate of drug-likeness (QED) is 0.520. The fourth-order valence-corrected chi connectivity index (χ4v) is 4.75. The zero-order chi connectivity index (χ0) is 18.4. The fraction of sp³-hybridized carbons (Fsp3) is 0.417. The molecule has 2 heteroatoms. The van der Waals surface area contributed by atoms with E-state index < -0.39 is 0 Å². The normalized spacial score (nSPS) is 20.1. The van der Waals surface area contributed by atoms with E-state index in [0.29, 0.717) is 11.5 Å². The Morgan fingerprint density at radius 3 is 2.35 bits per heavy atom. The van der Waals surface area contributed by atoms with Gasteiger partial charge in [0.05, 0.1) is 15.1 Å². The molecule has 136 valence electrons. The van der Waals surface area contributed by atoms with Gasteiger partial charge in [0.25, 0.3) is 0 Å². The van der Waals surface area contributed by atoms with E-state index in [2.05, 4.69) is 43.5 Å². The average Bonchev–Trinajstić information content (AvgIpc) is 2.68. The highest BCUT2D eigenvalue weighted by atomic mass is 28.2. The first kappa shape index (κ1) is 18.9. The van der Waals surface area contributed by atoms with Crippen LogP contribution in [0, 0.1) is 23.6 Å². The molecule has 1 aliphatic rings. The van der Waals surface area contributed by atoms with Gasteiger partial charge >= 0.3 is 0 Å². The fourth-order valence-electron chi connectivity index (χ4n) is 4.04. The highest BCUT2D eigenvalue weighted by Gasteiger charge is 2.22. The second kappa shape index (κ2) is 9.19. The van der Waals surface area contributed by atoms with Crippen molar-refractivity contribution in [3.8, 4) is 11.8 Å². The molecule has 0 unspecified atom stereocenters. The van der Waals surface area contributed by atoms with Crippen LogP contribution >= 0.6 is 0 Å². The lowest BCUT2D eigenvalue weighted by molar-refractivity contribution is 0.308. The van der Waals surface area contributed by atoms with Gasteiger partial charge in [-0.2, -0.15) is 0 Å². The van der Waals surface area contributed by atoms with Crippen LogP contribution in [-0.4, -0.2) is 9.52 Å². The molecule has 0 atom stereocenters. The SMILES string of the molecule is CCC[C@H]1CC[C@H](c2ccc(C#Cc3ccc([SiH2]C)cc3)c(F)c2)CC1. The molecule has 0 amide bonds. The van der Waals surface area contributed by atoms with Crippen molar-refractivity contribution in [3.63, 3.8) is 0 Å². The van der Waals surface area contributed by atoms with Crippen LogP contribution in [0.5, 0.6) is 0 Å². The highest BCUT2D eigenvalue weighted by molar-refractivity contribution is 6.51. The third-order valence-corrected chi connectivity index (χ3v) is 7.00. The molecule has 0 spiro atoms. The molecule has 1 aliphatic carbocycles. The molecule has 0 heterocycles.